The van der Waals surface area contributed by atoms with E-state index in [0.29, 0.717) is 17.5 Å². The Hall–Kier alpha value is -3.29. The van der Waals surface area contributed by atoms with Crippen molar-refractivity contribution in [1.29, 1.82) is 0 Å². The molecule has 3 heterocycles. The van der Waals surface area contributed by atoms with Gasteiger partial charge in [-0.1, -0.05) is 67.9 Å². The van der Waals surface area contributed by atoms with E-state index in [1.807, 2.05) is 61.7 Å². The summed E-state index contributed by atoms with van der Waals surface area (Å²) in [6, 6.07) is 18.0. The SMILES string of the molecule is Cc1nnc2n1-c1sc(C(C)OC(=O)C(C)c3ccc(CC(C)C)cc3)cc1C(c1ccccc1Cl)=NC2. The van der Waals surface area contributed by atoms with Crippen LogP contribution in [0.4, 0.5) is 0 Å². The van der Waals surface area contributed by atoms with Gasteiger partial charge in [-0.15, -0.1) is 21.5 Å². The maximum Gasteiger partial charge on any atom is 0.313 e. The number of aromatic nitrogens is 3. The molecule has 2 aromatic heterocycles. The Morgan fingerprint density at radius 3 is 2.50 bits per heavy atom. The summed E-state index contributed by atoms with van der Waals surface area (Å²) in [5.41, 5.74) is 4.81. The smallest absolute Gasteiger partial charge is 0.313 e. The van der Waals surface area contributed by atoms with Gasteiger partial charge >= 0.3 is 5.97 Å². The number of hydrogen-bond acceptors (Lipinski definition) is 6. The maximum atomic E-state index is 13.1. The van der Waals surface area contributed by atoms with E-state index in [9.17, 15) is 4.79 Å². The van der Waals surface area contributed by atoms with Crippen molar-refractivity contribution in [2.75, 3.05) is 0 Å². The normalized spacial score (nSPS) is 14.3. The molecule has 1 aliphatic heterocycles. The van der Waals surface area contributed by atoms with Crippen LogP contribution in [0.25, 0.3) is 5.00 Å². The number of fused-ring (bicyclic) bond motifs is 3. The van der Waals surface area contributed by atoms with Gasteiger partial charge in [0.05, 0.1) is 11.6 Å². The number of aliphatic imine (C=N–C) groups is 1. The van der Waals surface area contributed by atoms with Crippen LogP contribution in [-0.2, 0) is 22.5 Å². The maximum absolute atomic E-state index is 13.1. The molecular weight excluding hydrogens is 516 g/mol. The summed E-state index contributed by atoms with van der Waals surface area (Å²) in [5.74, 6) is 1.52. The fraction of sp³-hybridized carbons (Fsp3) is 0.333. The monoisotopic (exact) mass is 546 g/mol. The standard InChI is InChI=1S/C30H31ClN4O2S/c1-17(2)14-21-10-12-22(13-11-21)18(3)30(36)37-19(4)26-15-24-28(23-8-6-7-9-25(23)31)32-16-27-34-33-20(5)35(27)29(24)38-26/h6-13,15,17-19H,14,16H2,1-5H3. The van der Waals surface area contributed by atoms with Gasteiger partial charge in [0.1, 0.15) is 23.5 Å². The number of benzene rings is 2. The second kappa shape index (κ2) is 10.8. The minimum atomic E-state index is -0.435. The lowest BCUT2D eigenvalue weighted by atomic mass is 9.97. The molecule has 1 aliphatic rings. The van der Waals surface area contributed by atoms with Gasteiger partial charge in [0.15, 0.2) is 5.82 Å². The summed E-state index contributed by atoms with van der Waals surface area (Å²) in [4.78, 5) is 19.0. The van der Waals surface area contributed by atoms with E-state index in [-0.39, 0.29) is 11.9 Å². The first-order valence-electron chi connectivity index (χ1n) is 12.9. The van der Waals surface area contributed by atoms with Crippen molar-refractivity contribution in [2.24, 2.45) is 10.9 Å². The Kier molecular flexibility index (Phi) is 7.50. The molecule has 0 radical (unpaired) electrons. The molecule has 4 aromatic rings. The molecule has 2 unspecified atom stereocenters. The lowest BCUT2D eigenvalue weighted by Gasteiger charge is -2.17. The molecule has 8 heteroatoms. The highest BCUT2D eigenvalue weighted by atomic mass is 35.5. The largest absolute Gasteiger partial charge is 0.456 e. The third kappa shape index (κ3) is 5.18. The minimum Gasteiger partial charge on any atom is -0.456 e. The van der Waals surface area contributed by atoms with Gasteiger partial charge in [-0.05, 0) is 56.4 Å². The number of halogens is 1. The average Bonchev–Trinajstić information content (AvgIpc) is 3.44. The molecule has 38 heavy (non-hydrogen) atoms. The Bertz CT molecular complexity index is 1500. The molecule has 0 amide bonds. The highest BCUT2D eigenvalue weighted by Gasteiger charge is 2.28. The van der Waals surface area contributed by atoms with E-state index in [0.717, 1.165) is 50.3 Å². The van der Waals surface area contributed by atoms with Gasteiger partial charge < -0.3 is 4.74 Å². The van der Waals surface area contributed by atoms with E-state index in [1.165, 1.54) is 5.56 Å². The molecule has 0 fully saturated rings. The fourth-order valence-electron chi connectivity index (χ4n) is 4.71. The molecule has 0 N–H and O–H groups in total. The Morgan fingerprint density at radius 1 is 1.05 bits per heavy atom. The first-order chi connectivity index (χ1) is 18.2. The highest BCUT2D eigenvalue weighted by Crippen LogP contribution is 2.38. The zero-order valence-electron chi connectivity index (χ0n) is 22.2. The van der Waals surface area contributed by atoms with E-state index in [2.05, 4.69) is 42.2 Å². The number of ether oxygens (including phenoxy) is 1. The van der Waals surface area contributed by atoms with Crippen molar-refractivity contribution in [3.8, 4) is 5.00 Å². The molecule has 0 bridgehead atoms. The van der Waals surface area contributed by atoms with Crippen molar-refractivity contribution < 1.29 is 9.53 Å². The summed E-state index contributed by atoms with van der Waals surface area (Å²) in [7, 11) is 0. The molecule has 2 atom stereocenters. The van der Waals surface area contributed by atoms with Crippen LogP contribution in [0.2, 0.25) is 5.02 Å². The third-order valence-corrected chi connectivity index (χ3v) is 8.37. The van der Waals surface area contributed by atoms with Gasteiger partial charge in [0.2, 0.25) is 0 Å². The molecule has 5 rings (SSSR count). The summed E-state index contributed by atoms with van der Waals surface area (Å²) in [6.07, 6.45) is 0.585. The second-order valence-electron chi connectivity index (χ2n) is 10.2. The number of carbonyl (C=O) groups excluding carboxylic acids is 1. The zero-order chi connectivity index (χ0) is 27.0. The van der Waals surface area contributed by atoms with Crippen LogP contribution in [0.15, 0.2) is 59.6 Å². The third-order valence-electron chi connectivity index (χ3n) is 6.76. The Balaban J connectivity index is 1.43. The molecule has 196 valence electrons. The van der Waals surface area contributed by atoms with Crippen molar-refractivity contribution in [2.45, 2.75) is 59.6 Å². The number of nitrogens with zero attached hydrogens (tertiary/aromatic N) is 4. The number of esters is 1. The Morgan fingerprint density at radius 2 is 1.79 bits per heavy atom. The van der Waals surface area contributed by atoms with Crippen molar-refractivity contribution in [1.82, 2.24) is 14.8 Å². The summed E-state index contributed by atoms with van der Waals surface area (Å²) >= 11 is 8.14. The molecule has 0 aliphatic carbocycles. The van der Waals surface area contributed by atoms with E-state index >= 15 is 0 Å². The summed E-state index contributed by atoms with van der Waals surface area (Å²) < 4.78 is 8.02. The number of rotatable bonds is 7. The fourth-order valence-corrected chi connectivity index (χ4v) is 6.15. The lowest BCUT2D eigenvalue weighted by Crippen LogP contribution is -2.15. The highest BCUT2D eigenvalue weighted by molar-refractivity contribution is 7.15. The van der Waals surface area contributed by atoms with Crippen LogP contribution >= 0.6 is 22.9 Å². The van der Waals surface area contributed by atoms with Crippen molar-refractivity contribution in [3.63, 3.8) is 0 Å². The van der Waals surface area contributed by atoms with Crippen molar-refractivity contribution in [3.05, 3.63) is 98.4 Å². The summed E-state index contributed by atoms with van der Waals surface area (Å²) in [6.45, 7) is 10.5. The van der Waals surface area contributed by atoms with E-state index in [4.69, 9.17) is 21.3 Å². The van der Waals surface area contributed by atoms with Crippen LogP contribution in [0.5, 0.6) is 0 Å². The van der Waals surface area contributed by atoms with Gasteiger partial charge in [0.25, 0.3) is 0 Å². The average molecular weight is 547 g/mol. The van der Waals surface area contributed by atoms with Crippen LogP contribution in [0.3, 0.4) is 0 Å². The van der Waals surface area contributed by atoms with Crippen LogP contribution in [0.1, 0.15) is 78.5 Å². The lowest BCUT2D eigenvalue weighted by molar-refractivity contribution is -0.149. The Labute approximate surface area is 232 Å². The molecule has 6 nitrogen and oxygen atoms in total. The first-order valence-corrected chi connectivity index (χ1v) is 14.1. The van der Waals surface area contributed by atoms with Gasteiger partial charge in [-0.3, -0.25) is 14.4 Å². The molecule has 0 saturated carbocycles. The second-order valence-corrected chi connectivity index (χ2v) is 11.6. The topological polar surface area (TPSA) is 69.4 Å². The van der Waals surface area contributed by atoms with E-state index < -0.39 is 6.10 Å². The first kappa shape index (κ1) is 26.3. The number of aryl methyl sites for hydroxylation is 1. The molecule has 0 spiro atoms. The molecular formula is C30H31ClN4O2S. The number of thiophene rings is 1. The minimum absolute atomic E-state index is 0.251. The van der Waals surface area contributed by atoms with Crippen LogP contribution in [0, 0.1) is 12.8 Å². The predicted molar refractivity (Wildman–Crippen MR) is 153 cm³/mol. The van der Waals surface area contributed by atoms with Crippen LogP contribution < -0.4 is 0 Å². The van der Waals surface area contributed by atoms with Gasteiger partial charge in [-0.25, -0.2) is 0 Å². The zero-order valence-corrected chi connectivity index (χ0v) is 23.8. The van der Waals surface area contributed by atoms with Gasteiger partial charge in [0, 0.05) is 21.0 Å². The van der Waals surface area contributed by atoms with Gasteiger partial charge in [-0.2, -0.15) is 0 Å². The van der Waals surface area contributed by atoms with Crippen molar-refractivity contribution >= 4 is 34.6 Å². The molecule has 2 aromatic carbocycles. The van der Waals surface area contributed by atoms with Crippen LogP contribution in [-0.4, -0.2) is 26.4 Å². The number of hydrogen-bond donors (Lipinski definition) is 0. The number of carbonyl (C=O) groups is 1. The quantitative estimate of drug-likeness (QED) is 0.229. The molecule has 0 saturated heterocycles. The predicted octanol–water partition coefficient (Wildman–Crippen LogP) is 7.25. The van der Waals surface area contributed by atoms with E-state index in [1.54, 1.807) is 11.3 Å². The summed E-state index contributed by atoms with van der Waals surface area (Å²) in [5, 5.41) is 10.2.